The second-order valence-corrected chi connectivity index (χ2v) is 6.64. The predicted octanol–water partition coefficient (Wildman–Crippen LogP) is 3.52. The van der Waals surface area contributed by atoms with Gasteiger partial charge in [0.15, 0.2) is 0 Å². The van der Waals surface area contributed by atoms with E-state index in [1.165, 1.54) is 30.4 Å². The second-order valence-electron chi connectivity index (χ2n) is 6.64. The zero-order valence-corrected chi connectivity index (χ0v) is 14.3. The van der Waals surface area contributed by atoms with Gasteiger partial charge in [0, 0.05) is 24.3 Å². The van der Waals surface area contributed by atoms with Gasteiger partial charge in [0.25, 0.3) is 5.78 Å². The highest BCUT2D eigenvalue weighted by atomic mass is 15.4. The Hall–Kier alpha value is -2.43. The molecule has 0 unspecified atom stereocenters. The van der Waals surface area contributed by atoms with E-state index in [4.69, 9.17) is 0 Å². The van der Waals surface area contributed by atoms with E-state index in [-0.39, 0.29) is 0 Å². The van der Waals surface area contributed by atoms with Gasteiger partial charge in [0.05, 0.1) is 0 Å². The molecule has 24 heavy (non-hydrogen) atoms. The maximum absolute atomic E-state index is 4.54. The monoisotopic (exact) mass is 321 g/mol. The van der Waals surface area contributed by atoms with Crippen LogP contribution in [0.15, 0.2) is 36.7 Å². The van der Waals surface area contributed by atoms with Crippen molar-refractivity contribution in [3.05, 3.63) is 53.5 Å². The highest BCUT2D eigenvalue weighted by Gasteiger charge is 2.22. The molecule has 0 saturated carbocycles. The molecule has 124 valence electrons. The van der Waals surface area contributed by atoms with Gasteiger partial charge in [-0.05, 0) is 44.6 Å². The van der Waals surface area contributed by atoms with Crippen molar-refractivity contribution < 1.29 is 0 Å². The van der Waals surface area contributed by atoms with Gasteiger partial charge in [-0.1, -0.05) is 30.3 Å². The van der Waals surface area contributed by atoms with E-state index >= 15 is 0 Å². The fourth-order valence-corrected chi connectivity index (χ4v) is 3.75. The van der Waals surface area contributed by atoms with Crippen LogP contribution in [0, 0.1) is 13.8 Å². The minimum atomic E-state index is 0.644. The molecule has 4 rings (SSSR count). The lowest BCUT2D eigenvalue weighted by atomic mass is 9.92. The molecule has 1 fully saturated rings. The summed E-state index contributed by atoms with van der Waals surface area (Å²) in [5, 5.41) is 4.40. The third-order valence-electron chi connectivity index (χ3n) is 5.17. The summed E-state index contributed by atoms with van der Waals surface area (Å²) in [5.74, 6) is 2.49. The third kappa shape index (κ3) is 2.64. The largest absolute Gasteiger partial charge is 0.356 e. The maximum Gasteiger partial charge on any atom is 0.254 e. The Morgan fingerprint density at radius 2 is 1.88 bits per heavy atom. The van der Waals surface area contributed by atoms with Gasteiger partial charge in [-0.2, -0.15) is 14.6 Å². The zero-order valence-electron chi connectivity index (χ0n) is 14.3. The molecule has 0 aliphatic carbocycles. The van der Waals surface area contributed by atoms with Crippen molar-refractivity contribution in [1.29, 1.82) is 0 Å². The molecule has 0 spiro atoms. The van der Waals surface area contributed by atoms with E-state index in [1.54, 1.807) is 6.33 Å². The van der Waals surface area contributed by atoms with Crippen LogP contribution in [0.2, 0.25) is 0 Å². The molecule has 0 N–H and O–H groups in total. The van der Waals surface area contributed by atoms with Gasteiger partial charge in [0.1, 0.15) is 12.1 Å². The van der Waals surface area contributed by atoms with E-state index < -0.39 is 0 Å². The number of hydrogen-bond donors (Lipinski definition) is 0. The summed E-state index contributed by atoms with van der Waals surface area (Å²) in [4.78, 5) is 11.3. The molecule has 5 nitrogen and oxygen atoms in total. The standard InChI is InChI=1S/C19H23N5/c1-14-15(2)22-19-20-13-21-24(19)18(14)23-11-6-9-17(10-12-23)16-7-4-3-5-8-16/h3-5,7-8,13,17H,6,9-12H2,1-2H3/t17-/m0/s1. The average molecular weight is 321 g/mol. The number of rotatable bonds is 2. The average Bonchev–Trinajstić information content (AvgIpc) is 2.92. The number of fused-ring (bicyclic) bond motifs is 1. The van der Waals surface area contributed by atoms with Crippen LogP contribution in [0.5, 0.6) is 0 Å². The minimum Gasteiger partial charge on any atom is -0.356 e. The highest BCUT2D eigenvalue weighted by Crippen LogP contribution is 2.31. The lowest BCUT2D eigenvalue weighted by molar-refractivity contribution is 0.611. The first-order chi connectivity index (χ1) is 11.7. The van der Waals surface area contributed by atoms with Crippen molar-refractivity contribution in [2.45, 2.75) is 39.0 Å². The normalized spacial score (nSPS) is 18.8. The van der Waals surface area contributed by atoms with Crippen molar-refractivity contribution in [3.63, 3.8) is 0 Å². The molecular formula is C19H23N5. The van der Waals surface area contributed by atoms with E-state index in [1.807, 2.05) is 4.52 Å². The van der Waals surface area contributed by atoms with Crippen LogP contribution < -0.4 is 4.90 Å². The Kier molecular flexibility index (Phi) is 3.92. The van der Waals surface area contributed by atoms with Crippen LogP contribution in [0.3, 0.4) is 0 Å². The Bertz CT molecular complexity index is 840. The third-order valence-corrected chi connectivity index (χ3v) is 5.17. The Morgan fingerprint density at radius 3 is 2.71 bits per heavy atom. The van der Waals surface area contributed by atoms with Crippen molar-refractivity contribution in [2.75, 3.05) is 18.0 Å². The molecule has 0 radical (unpaired) electrons. The molecule has 1 saturated heterocycles. The van der Waals surface area contributed by atoms with Gasteiger partial charge in [-0.3, -0.25) is 0 Å². The summed E-state index contributed by atoms with van der Waals surface area (Å²) in [6.45, 7) is 6.29. The number of benzene rings is 1. The lowest BCUT2D eigenvalue weighted by Crippen LogP contribution is -2.28. The van der Waals surface area contributed by atoms with Crippen molar-refractivity contribution in [1.82, 2.24) is 19.6 Å². The molecule has 2 aromatic heterocycles. The van der Waals surface area contributed by atoms with Crippen LogP contribution in [0.4, 0.5) is 5.82 Å². The van der Waals surface area contributed by atoms with Crippen molar-refractivity contribution in [3.8, 4) is 0 Å². The summed E-state index contributed by atoms with van der Waals surface area (Å²) < 4.78 is 1.89. The highest BCUT2D eigenvalue weighted by molar-refractivity contribution is 5.54. The molecule has 1 aliphatic heterocycles. The number of hydrogen-bond acceptors (Lipinski definition) is 4. The summed E-state index contributed by atoms with van der Waals surface area (Å²) in [6, 6.07) is 10.9. The summed E-state index contributed by atoms with van der Waals surface area (Å²) in [7, 11) is 0. The number of anilines is 1. The van der Waals surface area contributed by atoms with Crippen LogP contribution in [0.1, 0.15) is 42.0 Å². The minimum absolute atomic E-state index is 0.644. The molecule has 3 heterocycles. The van der Waals surface area contributed by atoms with Crippen LogP contribution in [0.25, 0.3) is 5.78 Å². The van der Waals surface area contributed by atoms with E-state index in [0.29, 0.717) is 11.7 Å². The van der Waals surface area contributed by atoms with Crippen molar-refractivity contribution >= 4 is 11.6 Å². The first kappa shape index (κ1) is 15.1. The topological polar surface area (TPSA) is 46.3 Å². The molecule has 0 amide bonds. The van der Waals surface area contributed by atoms with Crippen LogP contribution in [-0.2, 0) is 0 Å². The van der Waals surface area contributed by atoms with Gasteiger partial charge in [0.2, 0.25) is 0 Å². The fraction of sp³-hybridized carbons (Fsp3) is 0.421. The molecule has 1 atom stereocenters. The fourth-order valence-electron chi connectivity index (χ4n) is 3.75. The molecule has 1 aromatic carbocycles. The summed E-state index contributed by atoms with van der Waals surface area (Å²) in [6.07, 6.45) is 5.19. The SMILES string of the molecule is Cc1nc2ncnn2c(N2CCC[C@H](c3ccccc3)CC2)c1C. The number of nitrogens with zero attached hydrogens (tertiary/aromatic N) is 5. The molecule has 3 aromatic rings. The Morgan fingerprint density at radius 1 is 1.04 bits per heavy atom. The van der Waals surface area contributed by atoms with Crippen LogP contribution in [-0.4, -0.2) is 32.7 Å². The van der Waals surface area contributed by atoms with E-state index in [2.05, 4.69) is 64.1 Å². The summed E-state index contributed by atoms with van der Waals surface area (Å²) >= 11 is 0. The maximum atomic E-state index is 4.54. The predicted molar refractivity (Wildman–Crippen MR) is 95.5 cm³/mol. The molecule has 5 heteroatoms. The first-order valence-corrected chi connectivity index (χ1v) is 8.71. The summed E-state index contributed by atoms with van der Waals surface area (Å²) in [5.41, 5.74) is 3.70. The van der Waals surface area contributed by atoms with Gasteiger partial charge in [-0.15, -0.1) is 0 Å². The Balaban J connectivity index is 1.64. The van der Waals surface area contributed by atoms with Gasteiger partial charge >= 0.3 is 0 Å². The van der Waals surface area contributed by atoms with Crippen LogP contribution >= 0.6 is 0 Å². The van der Waals surface area contributed by atoms with Gasteiger partial charge in [-0.25, -0.2) is 4.98 Å². The lowest BCUT2D eigenvalue weighted by Gasteiger charge is -2.25. The first-order valence-electron chi connectivity index (χ1n) is 8.71. The smallest absolute Gasteiger partial charge is 0.254 e. The quantitative estimate of drug-likeness (QED) is 0.724. The van der Waals surface area contributed by atoms with Crippen molar-refractivity contribution in [2.24, 2.45) is 0 Å². The number of aromatic nitrogens is 4. The molecule has 0 bridgehead atoms. The second kappa shape index (κ2) is 6.23. The van der Waals surface area contributed by atoms with E-state index in [0.717, 1.165) is 24.6 Å². The molecular weight excluding hydrogens is 298 g/mol. The number of aryl methyl sites for hydroxylation is 1. The zero-order chi connectivity index (χ0) is 16.5. The van der Waals surface area contributed by atoms with Gasteiger partial charge < -0.3 is 4.90 Å². The Labute approximate surface area is 142 Å². The van der Waals surface area contributed by atoms with E-state index in [9.17, 15) is 0 Å². The molecule has 1 aliphatic rings.